The van der Waals surface area contributed by atoms with Crippen molar-refractivity contribution in [1.29, 1.82) is 0 Å². The number of carbonyl (C=O) groups is 1. The third-order valence-electron chi connectivity index (χ3n) is 3.14. The van der Waals surface area contributed by atoms with Gasteiger partial charge in [0.1, 0.15) is 0 Å². The van der Waals surface area contributed by atoms with Crippen LogP contribution in [0.4, 0.5) is 0 Å². The largest absolute Gasteiger partial charge is 0.349 e. The van der Waals surface area contributed by atoms with Crippen molar-refractivity contribution in [1.82, 2.24) is 15.5 Å². The number of hydrogen-bond donors (Lipinski definition) is 1. The number of thiophene rings is 1. The van der Waals surface area contributed by atoms with E-state index in [2.05, 4.69) is 15.5 Å². The van der Waals surface area contributed by atoms with Gasteiger partial charge in [-0.2, -0.15) is 4.98 Å². The van der Waals surface area contributed by atoms with Crippen LogP contribution >= 0.6 is 11.3 Å². The second kappa shape index (κ2) is 7.36. The first-order chi connectivity index (χ1) is 10.1. The first-order valence-electron chi connectivity index (χ1n) is 7.21. The Hall–Kier alpha value is -1.69. The summed E-state index contributed by atoms with van der Waals surface area (Å²) < 4.78 is 5.16. The molecule has 0 spiro atoms. The smallest absolute Gasteiger partial charge is 0.226 e. The van der Waals surface area contributed by atoms with Gasteiger partial charge in [0.25, 0.3) is 0 Å². The van der Waals surface area contributed by atoms with E-state index in [0.29, 0.717) is 25.2 Å². The van der Waals surface area contributed by atoms with E-state index in [4.69, 9.17) is 4.52 Å². The minimum Gasteiger partial charge on any atom is -0.349 e. The molecule has 0 fully saturated rings. The number of carbonyl (C=O) groups excluding carboxylic acids is 1. The van der Waals surface area contributed by atoms with Crippen LogP contribution in [0.2, 0.25) is 0 Å². The van der Waals surface area contributed by atoms with E-state index in [-0.39, 0.29) is 17.9 Å². The number of aromatic nitrogens is 2. The maximum Gasteiger partial charge on any atom is 0.226 e. The lowest BCUT2D eigenvalue weighted by molar-refractivity contribution is -0.121. The number of amides is 1. The number of hydrogen-bond acceptors (Lipinski definition) is 5. The summed E-state index contributed by atoms with van der Waals surface area (Å²) in [5.74, 6) is 1.65. The van der Waals surface area contributed by atoms with Crippen molar-refractivity contribution in [2.24, 2.45) is 0 Å². The molecule has 0 aliphatic heterocycles. The lowest BCUT2D eigenvalue weighted by Gasteiger charge is -2.11. The van der Waals surface area contributed by atoms with Crippen molar-refractivity contribution in [3.63, 3.8) is 0 Å². The standard InChI is InChI=1S/C15H21N3O2S/c1-10(2)15-17-14(20-18-15)8-4-7-13(19)16-11(3)12-6-5-9-21-12/h5-6,9-11H,4,7-8H2,1-3H3,(H,16,19). The first-order valence-corrected chi connectivity index (χ1v) is 8.09. The van der Waals surface area contributed by atoms with Gasteiger partial charge in [0, 0.05) is 23.6 Å². The summed E-state index contributed by atoms with van der Waals surface area (Å²) in [6.07, 6.45) is 1.82. The van der Waals surface area contributed by atoms with Gasteiger partial charge in [-0.25, -0.2) is 0 Å². The van der Waals surface area contributed by atoms with Gasteiger partial charge in [-0.05, 0) is 24.8 Å². The molecule has 1 amide bonds. The number of nitrogens with one attached hydrogen (secondary N) is 1. The Morgan fingerprint density at radius 3 is 2.86 bits per heavy atom. The maximum absolute atomic E-state index is 11.9. The zero-order valence-electron chi connectivity index (χ0n) is 12.6. The van der Waals surface area contributed by atoms with Crippen LogP contribution in [-0.2, 0) is 11.2 Å². The van der Waals surface area contributed by atoms with Crippen LogP contribution in [0.3, 0.4) is 0 Å². The van der Waals surface area contributed by atoms with Gasteiger partial charge in [0.15, 0.2) is 5.82 Å². The second-order valence-electron chi connectivity index (χ2n) is 5.36. The van der Waals surface area contributed by atoms with Gasteiger partial charge < -0.3 is 9.84 Å². The monoisotopic (exact) mass is 307 g/mol. The highest BCUT2D eigenvalue weighted by atomic mass is 32.1. The lowest BCUT2D eigenvalue weighted by atomic mass is 10.2. The molecule has 2 aromatic rings. The second-order valence-corrected chi connectivity index (χ2v) is 6.34. The third-order valence-corrected chi connectivity index (χ3v) is 4.20. The summed E-state index contributed by atoms with van der Waals surface area (Å²) in [7, 11) is 0. The quantitative estimate of drug-likeness (QED) is 0.850. The van der Waals surface area contributed by atoms with Gasteiger partial charge in [-0.1, -0.05) is 25.1 Å². The molecule has 1 N–H and O–H groups in total. The zero-order valence-corrected chi connectivity index (χ0v) is 13.4. The van der Waals surface area contributed by atoms with Crippen molar-refractivity contribution in [2.45, 2.75) is 52.0 Å². The molecule has 0 saturated carbocycles. The Labute approximate surface area is 128 Å². The van der Waals surface area contributed by atoms with E-state index in [1.807, 2.05) is 38.3 Å². The van der Waals surface area contributed by atoms with Crippen molar-refractivity contribution in [2.75, 3.05) is 0 Å². The highest BCUT2D eigenvalue weighted by Gasteiger charge is 2.12. The minimum absolute atomic E-state index is 0.0551. The topological polar surface area (TPSA) is 68.0 Å². The predicted molar refractivity (Wildman–Crippen MR) is 82.2 cm³/mol. The molecule has 21 heavy (non-hydrogen) atoms. The van der Waals surface area contributed by atoms with E-state index in [9.17, 15) is 4.79 Å². The molecule has 114 valence electrons. The van der Waals surface area contributed by atoms with Crippen molar-refractivity contribution >= 4 is 17.2 Å². The van der Waals surface area contributed by atoms with Gasteiger partial charge in [0.2, 0.25) is 11.8 Å². The fraction of sp³-hybridized carbons (Fsp3) is 0.533. The number of aryl methyl sites for hydroxylation is 1. The van der Waals surface area contributed by atoms with Gasteiger partial charge in [-0.3, -0.25) is 4.79 Å². The Balaban J connectivity index is 1.71. The molecule has 2 aromatic heterocycles. The molecular weight excluding hydrogens is 286 g/mol. The first kappa shape index (κ1) is 15.7. The molecule has 0 aliphatic carbocycles. The normalized spacial score (nSPS) is 12.6. The highest BCUT2D eigenvalue weighted by molar-refractivity contribution is 7.10. The Kier molecular flexibility index (Phi) is 5.50. The van der Waals surface area contributed by atoms with E-state index < -0.39 is 0 Å². The third kappa shape index (κ3) is 4.67. The fourth-order valence-electron chi connectivity index (χ4n) is 1.93. The lowest BCUT2D eigenvalue weighted by Crippen LogP contribution is -2.25. The Bertz CT molecular complexity index is 563. The molecule has 1 atom stereocenters. The molecule has 0 bridgehead atoms. The van der Waals surface area contributed by atoms with Crippen molar-refractivity contribution < 1.29 is 9.32 Å². The molecule has 2 rings (SSSR count). The minimum atomic E-state index is 0.0551. The van der Waals surface area contributed by atoms with Crippen LogP contribution in [0.5, 0.6) is 0 Å². The van der Waals surface area contributed by atoms with Crippen LogP contribution < -0.4 is 5.32 Å². The summed E-state index contributed by atoms with van der Waals surface area (Å²) >= 11 is 1.65. The predicted octanol–water partition coefficient (Wildman–Crippen LogP) is 3.45. The molecule has 6 heteroatoms. The van der Waals surface area contributed by atoms with Gasteiger partial charge in [-0.15, -0.1) is 11.3 Å². The van der Waals surface area contributed by atoms with Crippen LogP contribution in [-0.4, -0.2) is 16.0 Å². The molecule has 1 unspecified atom stereocenters. The average molecular weight is 307 g/mol. The molecule has 5 nitrogen and oxygen atoms in total. The van der Waals surface area contributed by atoms with Crippen molar-refractivity contribution in [3.8, 4) is 0 Å². The van der Waals surface area contributed by atoms with E-state index in [1.54, 1.807) is 11.3 Å². The molecule has 0 saturated heterocycles. The van der Waals surface area contributed by atoms with Crippen molar-refractivity contribution in [3.05, 3.63) is 34.1 Å². The zero-order chi connectivity index (χ0) is 15.2. The number of nitrogens with zero attached hydrogens (tertiary/aromatic N) is 2. The van der Waals surface area contributed by atoms with Crippen LogP contribution in [0.25, 0.3) is 0 Å². The molecule has 0 aliphatic rings. The summed E-state index contributed by atoms with van der Waals surface area (Å²) in [5.41, 5.74) is 0. The molecule has 2 heterocycles. The van der Waals surface area contributed by atoms with Crippen LogP contribution in [0.1, 0.15) is 62.2 Å². The summed E-state index contributed by atoms with van der Waals surface area (Å²) in [6, 6.07) is 4.08. The van der Waals surface area contributed by atoms with Gasteiger partial charge in [0.05, 0.1) is 6.04 Å². The van der Waals surface area contributed by atoms with E-state index in [0.717, 1.165) is 5.82 Å². The summed E-state index contributed by atoms with van der Waals surface area (Å²) in [5, 5.41) is 8.92. The SMILES string of the molecule is CC(C)c1noc(CCCC(=O)NC(C)c2cccs2)n1. The highest BCUT2D eigenvalue weighted by Crippen LogP contribution is 2.18. The van der Waals surface area contributed by atoms with Crippen LogP contribution in [0.15, 0.2) is 22.0 Å². The molecular formula is C15H21N3O2S. The Morgan fingerprint density at radius 2 is 2.24 bits per heavy atom. The van der Waals surface area contributed by atoms with E-state index >= 15 is 0 Å². The maximum atomic E-state index is 11.9. The van der Waals surface area contributed by atoms with Gasteiger partial charge >= 0.3 is 0 Å². The summed E-state index contributed by atoms with van der Waals surface area (Å²) in [6.45, 7) is 6.04. The van der Waals surface area contributed by atoms with Crippen LogP contribution in [0, 0.1) is 0 Å². The molecule has 0 radical (unpaired) electrons. The number of rotatable bonds is 7. The van der Waals surface area contributed by atoms with E-state index in [1.165, 1.54) is 4.88 Å². The summed E-state index contributed by atoms with van der Waals surface area (Å²) in [4.78, 5) is 17.3. The molecule has 0 aromatic carbocycles. The fourth-order valence-corrected chi connectivity index (χ4v) is 2.66. The Morgan fingerprint density at radius 1 is 1.43 bits per heavy atom. The average Bonchev–Trinajstić information content (AvgIpc) is 3.10.